The van der Waals surface area contributed by atoms with E-state index in [1.807, 2.05) is 19.1 Å². The van der Waals surface area contributed by atoms with Crippen LogP contribution in [-0.2, 0) is 0 Å². The van der Waals surface area contributed by atoms with Gasteiger partial charge in [-0.2, -0.15) is 5.26 Å². The highest BCUT2D eigenvalue weighted by atomic mass is 35.5. The lowest BCUT2D eigenvalue weighted by molar-refractivity contribution is 1.21. The second-order valence-corrected chi connectivity index (χ2v) is 2.74. The van der Waals surface area contributed by atoms with Crippen molar-refractivity contribution in [2.45, 2.75) is 6.92 Å². The summed E-state index contributed by atoms with van der Waals surface area (Å²) in [5, 5.41) is 12.2. The highest BCUT2D eigenvalue weighted by molar-refractivity contribution is 6.31. The van der Waals surface area contributed by atoms with Crippen LogP contribution < -0.4 is 5.32 Å². The molecule has 1 aromatic rings. The molecule has 1 N–H and O–H groups in total. The Morgan fingerprint density at radius 2 is 2.33 bits per heavy atom. The second kappa shape index (κ2) is 3.99. The smallest absolute Gasteiger partial charge is 0.101 e. The topological polar surface area (TPSA) is 35.8 Å². The van der Waals surface area contributed by atoms with Gasteiger partial charge in [-0.3, -0.25) is 0 Å². The van der Waals surface area contributed by atoms with Gasteiger partial charge in [0.15, 0.2) is 0 Å². The van der Waals surface area contributed by atoms with Crippen molar-refractivity contribution >= 4 is 17.3 Å². The SMILES string of the molecule is CCNc1ccc(Cl)c(C#N)c1. The first-order chi connectivity index (χ1) is 5.77. The first kappa shape index (κ1) is 8.89. The zero-order valence-corrected chi connectivity index (χ0v) is 7.52. The Balaban J connectivity index is 2.99. The summed E-state index contributed by atoms with van der Waals surface area (Å²) in [6.07, 6.45) is 0. The number of rotatable bonds is 2. The summed E-state index contributed by atoms with van der Waals surface area (Å²) < 4.78 is 0. The maximum absolute atomic E-state index is 8.65. The third kappa shape index (κ3) is 1.90. The quantitative estimate of drug-likeness (QED) is 0.760. The molecule has 0 saturated heterocycles. The van der Waals surface area contributed by atoms with Crippen LogP contribution >= 0.6 is 11.6 Å². The van der Waals surface area contributed by atoms with Gasteiger partial charge in [0.05, 0.1) is 10.6 Å². The molecular formula is C9H9ClN2. The third-order valence-corrected chi connectivity index (χ3v) is 1.80. The highest BCUT2D eigenvalue weighted by Crippen LogP contribution is 2.19. The summed E-state index contributed by atoms with van der Waals surface area (Å²) in [6, 6.07) is 7.34. The van der Waals surface area contributed by atoms with Crippen LogP contribution in [-0.4, -0.2) is 6.54 Å². The van der Waals surface area contributed by atoms with E-state index in [2.05, 4.69) is 5.32 Å². The minimum absolute atomic E-state index is 0.499. The Labute approximate surface area is 76.8 Å². The van der Waals surface area contributed by atoms with E-state index >= 15 is 0 Å². The molecule has 0 aromatic heterocycles. The number of halogens is 1. The molecule has 0 fully saturated rings. The molecule has 1 rings (SSSR count). The zero-order valence-electron chi connectivity index (χ0n) is 6.76. The molecule has 2 nitrogen and oxygen atoms in total. The van der Waals surface area contributed by atoms with Crippen molar-refractivity contribution in [2.24, 2.45) is 0 Å². The fourth-order valence-corrected chi connectivity index (χ4v) is 1.08. The average Bonchev–Trinajstić information content (AvgIpc) is 2.09. The number of nitriles is 1. The van der Waals surface area contributed by atoms with Gasteiger partial charge in [0.2, 0.25) is 0 Å². The Morgan fingerprint density at radius 3 is 2.92 bits per heavy atom. The van der Waals surface area contributed by atoms with E-state index in [-0.39, 0.29) is 0 Å². The molecule has 0 aliphatic rings. The molecule has 0 spiro atoms. The summed E-state index contributed by atoms with van der Waals surface area (Å²) in [6.45, 7) is 2.84. The summed E-state index contributed by atoms with van der Waals surface area (Å²) in [5.41, 5.74) is 1.44. The van der Waals surface area contributed by atoms with Crippen LogP contribution in [0.1, 0.15) is 12.5 Å². The number of anilines is 1. The van der Waals surface area contributed by atoms with Crippen molar-refractivity contribution in [3.8, 4) is 6.07 Å². The fourth-order valence-electron chi connectivity index (χ4n) is 0.925. The molecule has 3 heteroatoms. The Morgan fingerprint density at radius 1 is 1.58 bits per heavy atom. The summed E-state index contributed by atoms with van der Waals surface area (Å²) in [4.78, 5) is 0. The lowest BCUT2D eigenvalue weighted by atomic mass is 10.2. The largest absolute Gasteiger partial charge is 0.385 e. The number of hydrogen-bond acceptors (Lipinski definition) is 2. The Bertz CT molecular complexity index is 315. The molecule has 0 heterocycles. The maximum atomic E-state index is 8.65. The number of nitrogens with zero attached hydrogens (tertiary/aromatic N) is 1. The van der Waals surface area contributed by atoms with Gasteiger partial charge >= 0.3 is 0 Å². The normalized spacial score (nSPS) is 9.08. The van der Waals surface area contributed by atoms with Crippen LogP contribution in [0.2, 0.25) is 5.02 Å². The first-order valence-corrected chi connectivity index (χ1v) is 4.09. The second-order valence-electron chi connectivity index (χ2n) is 2.34. The van der Waals surface area contributed by atoms with Crippen molar-refractivity contribution in [3.05, 3.63) is 28.8 Å². The number of hydrogen-bond donors (Lipinski definition) is 1. The van der Waals surface area contributed by atoms with Crippen LogP contribution in [0.3, 0.4) is 0 Å². The van der Waals surface area contributed by atoms with Crippen molar-refractivity contribution < 1.29 is 0 Å². The molecule has 0 unspecified atom stereocenters. The number of benzene rings is 1. The van der Waals surface area contributed by atoms with Gasteiger partial charge in [0, 0.05) is 12.2 Å². The first-order valence-electron chi connectivity index (χ1n) is 3.71. The molecule has 12 heavy (non-hydrogen) atoms. The molecule has 1 aromatic carbocycles. The standard InChI is InChI=1S/C9H9ClN2/c1-2-12-8-3-4-9(10)7(5-8)6-11/h3-5,12H,2H2,1H3. The summed E-state index contributed by atoms with van der Waals surface area (Å²) >= 11 is 5.75. The number of nitrogens with one attached hydrogen (secondary N) is 1. The molecule has 62 valence electrons. The summed E-state index contributed by atoms with van der Waals surface area (Å²) in [7, 11) is 0. The van der Waals surface area contributed by atoms with Gasteiger partial charge in [-0.1, -0.05) is 11.6 Å². The van der Waals surface area contributed by atoms with Crippen LogP contribution in [0.5, 0.6) is 0 Å². The Kier molecular flexibility index (Phi) is 2.95. The van der Waals surface area contributed by atoms with E-state index < -0.39 is 0 Å². The van der Waals surface area contributed by atoms with Crippen molar-refractivity contribution in [1.82, 2.24) is 0 Å². The lowest BCUT2D eigenvalue weighted by Crippen LogP contribution is -1.96. The van der Waals surface area contributed by atoms with Gasteiger partial charge in [0.25, 0.3) is 0 Å². The molecule has 0 amide bonds. The van der Waals surface area contributed by atoms with E-state index in [0.717, 1.165) is 12.2 Å². The van der Waals surface area contributed by atoms with E-state index in [4.69, 9.17) is 16.9 Å². The van der Waals surface area contributed by atoms with Gasteiger partial charge < -0.3 is 5.32 Å². The maximum Gasteiger partial charge on any atom is 0.101 e. The zero-order chi connectivity index (χ0) is 8.97. The average molecular weight is 181 g/mol. The predicted octanol–water partition coefficient (Wildman–Crippen LogP) is 2.64. The van der Waals surface area contributed by atoms with Gasteiger partial charge in [-0.25, -0.2) is 0 Å². The summed E-state index contributed by atoms with van der Waals surface area (Å²) in [5.74, 6) is 0. The van der Waals surface area contributed by atoms with Crippen molar-refractivity contribution in [1.29, 1.82) is 5.26 Å². The van der Waals surface area contributed by atoms with Gasteiger partial charge in [-0.05, 0) is 25.1 Å². The molecule has 0 aliphatic carbocycles. The molecule has 0 bridgehead atoms. The highest BCUT2D eigenvalue weighted by Gasteiger charge is 1.99. The molecule has 0 saturated carbocycles. The molecule has 0 atom stereocenters. The van der Waals surface area contributed by atoms with E-state index in [0.29, 0.717) is 10.6 Å². The predicted molar refractivity (Wildman–Crippen MR) is 50.3 cm³/mol. The van der Waals surface area contributed by atoms with Crippen molar-refractivity contribution in [3.63, 3.8) is 0 Å². The minimum Gasteiger partial charge on any atom is -0.385 e. The molecule has 0 aliphatic heterocycles. The molecular weight excluding hydrogens is 172 g/mol. The fraction of sp³-hybridized carbons (Fsp3) is 0.222. The Hall–Kier alpha value is -1.20. The van der Waals surface area contributed by atoms with E-state index in [1.54, 1.807) is 12.1 Å². The lowest BCUT2D eigenvalue weighted by Gasteiger charge is -2.03. The van der Waals surface area contributed by atoms with Crippen LogP contribution in [0.4, 0.5) is 5.69 Å². The van der Waals surface area contributed by atoms with Crippen molar-refractivity contribution in [2.75, 3.05) is 11.9 Å². The van der Waals surface area contributed by atoms with E-state index in [1.165, 1.54) is 0 Å². The van der Waals surface area contributed by atoms with Gasteiger partial charge in [-0.15, -0.1) is 0 Å². The van der Waals surface area contributed by atoms with Crippen LogP contribution in [0, 0.1) is 11.3 Å². The van der Waals surface area contributed by atoms with Crippen LogP contribution in [0.25, 0.3) is 0 Å². The monoisotopic (exact) mass is 180 g/mol. The van der Waals surface area contributed by atoms with E-state index in [9.17, 15) is 0 Å². The van der Waals surface area contributed by atoms with Crippen LogP contribution in [0.15, 0.2) is 18.2 Å². The molecule has 0 radical (unpaired) electrons. The third-order valence-electron chi connectivity index (χ3n) is 1.47. The van der Waals surface area contributed by atoms with Gasteiger partial charge in [0.1, 0.15) is 6.07 Å². The minimum atomic E-state index is 0.499.